The number of methoxy groups -OCH3 is 1. The van der Waals surface area contributed by atoms with Gasteiger partial charge in [-0.1, -0.05) is 25.1 Å². The molecular weight excluding hydrogens is 332 g/mol. The van der Waals surface area contributed by atoms with Crippen LogP contribution in [0.1, 0.15) is 39.9 Å². The Morgan fingerprint density at radius 1 is 1.27 bits per heavy atom. The van der Waals surface area contributed by atoms with E-state index in [1.165, 1.54) is 7.11 Å². The van der Waals surface area contributed by atoms with E-state index in [-0.39, 0.29) is 12.5 Å². The lowest BCUT2D eigenvalue weighted by Crippen LogP contribution is -2.30. The highest BCUT2D eigenvalue weighted by atomic mass is 16.5. The molecule has 1 aromatic heterocycles. The van der Waals surface area contributed by atoms with Gasteiger partial charge in [-0.05, 0) is 44.5 Å². The number of ether oxygens (including phenoxy) is 1. The number of hydrogen-bond donors (Lipinski definition) is 1. The first-order chi connectivity index (χ1) is 12.3. The van der Waals surface area contributed by atoms with Crippen LogP contribution in [0.3, 0.4) is 0 Å². The van der Waals surface area contributed by atoms with Gasteiger partial charge in [-0.25, -0.2) is 4.79 Å². The highest BCUT2D eigenvalue weighted by Gasteiger charge is 2.17. The summed E-state index contributed by atoms with van der Waals surface area (Å²) in [6.45, 7) is 6.39. The van der Waals surface area contributed by atoms with Crippen molar-refractivity contribution in [1.82, 2.24) is 4.90 Å². The third-order valence-electron chi connectivity index (χ3n) is 4.22. The number of aryl methyl sites for hydroxylation is 3. The largest absolute Gasteiger partial charge is 0.465 e. The van der Waals surface area contributed by atoms with Gasteiger partial charge in [0.1, 0.15) is 17.1 Å². The topological polar surface area (TPSA) is 71.8 Å². The van der Waals surface area contributed by atoms with Gasteiger partial charge in [0.25, 0.3) is 0 Å². The first-order valence-electron chi connectivity index (χ1n) is 8.60. The van der Waals surface area contributed by atoms with E-state index in [1.807, 2.05) is 37.1 Å². The highest BCUT2D eigenvalue weighted by Crippen LogP contribution is 2.21. The maximum absolute atomic E-state index is 12.4. The van der Waals surface area contributed by atoms with Crippen molar-refractivity contribution < 1.29 is 18.7 Å². The maximum Gasteiger partial charge on any atom is 0.341 e. The van der Waals surface area contributed by atoms with Crippen LogP contribution in [0.5, 0.6) is 0 Å². The molecule has 0 saturated heterocycles. The van der Waals surface area contributed by atoms with E-state index in [2.05, 4.69) is 12.2 Å². The molecule has 26 heavy (non-hydrogen) atoms. The molecule has 2 aromatic rings. The molecule has 0 saturated carbocycles. The number of benzene rings is 1. The molecule has 140 valence electrons. The van der Waals surface area contributed by atoms with Gasteiger partial charge in [-0.3, -0.25) is 9.69 Å². The number of amides is 1. The van der Waals surface area contributed by atoms with E-state index in [0.29, 0.717) is 23.6 Å². The molecule has 6 heteroatoms. The molecule has 1 aromatic carbocycles. The van der Waals surface area contributed by atoms with Gasteiger partial charge in [0.15, 0.2) is 0 Å². The van der Waals surface area contributed by atoms with Crippen LogP contribution in [0.2, 0.25) is 0 Å². The molecule has 0 aliphatic heterocycles. The predicted molar refractivity (Wildman–Crippen MR) is 100 cm³/mol. The average Bonchev–Trinajstić information content (AvgIpc) is 2.95. The summed E-state index contributed by atoms with van der Waals surface area (Å²) in [6.07, 6.45) is 0.856. The minimum Gasteiger partial charge on any atom is -0.465 e. The summed E-state index contributed by atoms with van der Waals surface area (Å²) in [5.74, 6) is 0.609. The van der Waals surface area contributed by atoms with Gasteiger partial charge in [0, 0.05) is 5.69 Å². The van der Waals surface area contributed by atoms with Gasteiger partial charge in [-0.15, -0.1) is 0 Å². The Morgan fingerprint density at radius 3 is 2.65 bits per heavy atom. The fraction of sp³-hybridized carbons (Fsp3) is 0.400. The quantitative estimate of drug-likeness (QED) is 0.769. The van der Waals surface area contributed by atoms with E-state index < -0.39 is 5.97 Å². The zero-order chi connectivity index (χ0) is 19.3. The van der Waals surface area contributed by atoms with Crippen molar-refractivity contribution in [2.75, 3.05) is 26.0 Å². The Hall–Kier alpha value is -2.60. The fourth-order valence-corrected chi connectivity index (χ4v) is 2.88. The molecule has 1 amide bonds. The number of nitrogens with zero attached hydrogens (tertiary/aromatic N) is 1. The molecule has 0 radical (unpaired) electrons. The second-order valence-electron chi connectivity index (χ2n) is 6.36. The number of nitrogens with one attached hydrogen (secondary N) is 1. The van der Waals surface area contributed by atoms with E-state index in [4.69, 9.17) is 9.15 Å². The Balaban J connectivity index is 1.99. The maximum atomic E-state index is 12.4. The first-order valence-corrected chi connectivity index (χ1v) is 8.60. The fourth-order valence-electron chi connectivity index (χ4n) is 2.88. The molecule has 0 aliphatic rings. The number of furan rings is 1. The predicted octanol–water partition coefficient (Wildman–Crippen LogP) is 3.32. The summed E-state index contributed by atoms with van der Waals surface area (Å²) in [4.78, 5) is 25.9. The third-order valence-corrected chi connectivity index (χ3v) is 4.22. The summed E-state index contributed by atoms with van der Waals surface area (Å²) < 4.78 is 10.3. The van der Waals surface area contributed by atoms with Gasteiger partial charge < -0.3 is 14.5 Å². The molecule has 0 fully saturated rings. The van der Waals surface area contributed by atoms with Crippen LogP contribution >= 0.6 is 0 Å². The molecule has 1 heterocycles. The lowest BCUT2D eigenvalue weighted by Gasteiger charge is -2.17. The number of likely N-dealkylation sites (N-methyl/N-ethyl adjacent to an activating group) is 1. The van der Waals surface area contributed by atoms with Crippen molar-refractivity contribution in [2.45, 2.75) is 33.7 Å². The molecule has 6 nitrogen and oxygen atoms in total. The van der Waals surface area contributed by atoms with Crippen molar-refractivity contribution in [2.24, 2.45) is 0 Å². The van der Waals surface area contributed by atoms with Gasteiger partial charge >= 0.3 is 5.97 Å². The van der Waals surface area contributed by atoms with Crippen LogP contribution in [0.4, 0.5) is 5.69 Å². The normalized spacial score (nSPS) is 10.8. The molecule has 2 rings (SSSR count). The van der Waals surface area contributed by atoms with E-state index in [1.54, 1.807) is 13.0 Å². The number of para-hydroxylation sites is 1. The van der Waals surface area contributed by atoms with Gasteiger partial charge in [-0.2, -0.15) is 0 Å². The molecule has 1 N–H and O–H groups in total. The van der Waals surface area contributed by atoms with Crippen LogP contribution < -0.4 is 5.32 Å². The third kappa shape index (κ3) is 4.73. The summed E-state index contributed by atoms with van der Waals surface area (Å²) in [5, 5.41) is 3.01. The molecular formula is C20H26N2O4. The minimum absolute atomic E-state index is 0.0898. The first kappa shape index (κ1) is 19.7. The molecule has 0 aliphatic carbocycles. The molecule has 0 atom stereocenters. The van der Waals surface area contributed by atoms with Gasteiger partial charge in [0.05, 0.1) is 20.2 Å². The molecule has 0 unspecified atom stereocenters. The van der Waals surface area contributed by atoms with Crippen LogP contribution in [0.25, 0.3) is 0 Å². The van der Waals surface area contributed by atoms with Crippen LogP contribution in [0, 0.1) is 13.8 Å². The Labute approximate surface area is 154 Å². The molecule has 0 spiro atoms. The second-order valence-corrected chi connectivity index (χ2v) is 6.36. The van der Waals surface area contributed by atoms with Crippen molar-refractivity contribution in [3.63, 3.8) is 0 Å². The Bertz CT molecular complexity index is 795. The van der Waals surface area contributed by atoms with E-state index >= 15 is 0 Å². The van der Waals surface area contributed by atoms with Crippen LogP contribution in [-0.2, 0) is 22.5 Å². The Morgan fingerprint density at radius 2 is 2.00 bits per heavy atom. The number of anilines is 1. The van der Waals surface area contributed by atoms with Crippen molar-refractivity contribution in [3.8, 4) is 0 Å². The zero-order valence-electron chi connectivity index (χ0n) is 16.0. The number of esters is 1. The standard InChI is InChI=1S/C20H26N2O4/c1-6-15-9-7-8-13(2)19(15)21-18(23)12-22(4)11-16-10-17(14(3)26-16)20(24)25-5/h7-10H,6,11-12H2,1-5H3,(H,21,23). The lowest BCUT2D eigenvalue weighted by atomic mass is 10.1. The van der Waals surface area contributed by atoms with E-state index in [9.17, 15) is 9.59 Å². The molecule has 0 bridgehead atoms. The summed E-state index contributed by atoms with van der Waals surface area (Å²) >= 11 is 0. The van der Waals surface area contributed by atoms with Crippen molar-refractivity contribution >= 4 is 17.6 Å². The van der Waals surface area contributed by atoms with Crippen LogP contribution in [-0.4, -0.2) is 37.5 Å². The van der Waals surface area contributed by atoms with Crippen molar-refractivity contribution in [3.05, 3.63) is 52.5 Å². The minimum atomic E-state index is -0.426. The zero-order valence-corrected chi connectivity index (χ0v) is 16.0. The monoisotopic (exact) mass is 358 g/mol. The summed E-state index contributed by atoms with van der Waals surface area (Å²) in [6, 6.07) is 7.66. The smallest absolute Gasteiger partial charge is 0.341 e. The number of hydrogen-bond acceptors (Lipinski definition) is 5. The van der Waals surface area contributed by atoms with Crippen LogP contribution in [0.15, 0.2) is 28.7 Å². The number of rotatable bonds is 7. The number of carbonyl (C=O) groups excluding carboxylic acids is 2. The lowest BCUT2D eigenvalue weighted by molar-refractivity contribution is -0.117. The SMILES string of the molecule is CCc1cccc(C)c1NC(=O)CN(C)Cc1cc(C(=O)OC)c(C)o1. The summed E-state index contributed by atoms with van der Waals surface area (Å²) in [5.41, 5.74) is 3.46. The van der Waals surface area contributed by atoms with Crippen molar-refractivity contribution in [1.29, 1.82) is 0 Å². The van der Waals surface area contributed by atoms with Gasteiger partial charge in [0.2, 0.25) is 5.91 Å². The average molecular weight is 358 g/mol. The second kappa shape index (κ2) is 8.67. The van der Waals surface area contributed by atoms with E-state index in [0.717, 1.165) is 23.2 Å². The summed E-state index contributed by atoms with van der Waals surface area (Å²) in [7, 11) is 3.16. The number of carbonyl (C=O) groups is 2. The highest BCUT2D eigenvalue weighted by molar-refractivity contribution is 5.93. The Kier molecular flexibility index (Phi) is 6.58.